The van der Waals surface area contributed by atoms with Gasteiger partial charge in [0, 0.05) is 21.5 Å². The summed E-state index contributed by atoms with van der Waals surface area (Å²) in [7, 11) is 0. The molecule has 0 aliphatic carbocycles. The number of benzene rings is 1. The van der Waals surface area contributed by atoms with Gasteiger partial charge in [-0.25, -0.2) is 0 Å². The molecule has 0 aliphatic heterocycles. The third-order valence-electron chi connectivity index (χ3n) is 2.43. The van der Waals surface area contributed by atoms with Crippen LogP contribution in [0.5, 0.6) is 0 Å². The number of anilines is 1. The molecule has 0 saturated heterocycles. The van der Waals surface area contributed by atoms with Crippen molar-refractivity contribution in [1.29, 1.82) is 0 Å². The van der Waals surface area contributed by atoms with Gasteiger partial charge in [-0.15, -0.1) is 11.3 Å². The summed E-state index contributed by atoms with van der Waals surface area (Å²) in [5.74, 6) is 0.00209. The largest absolute Gasteiger partial charge is 0.324 e. The second kappa shape index (κ2) is 5.29. The van der Waals surface area contributed by atoms with Gasteiger partial charge in [-0.2, -0.15) is 0 Å². The van der Waals surface area contributed by atoms with Crippen molar-refractivity contribution in [1.82, 2.24) is 5.32 Å². The first-order valence-electron chi connectivity index (χ1n) is 5.66. The molecule has 0 spiro atoms. The highest BCUT2D eigenvalue weighted by Gasteiger charge is 2.07. The van der Waals surface area contributed by atoms with Crippen molar-refractivity contribution in [3.8, 4) is 0 Å². The fraction of sp³-hybridized carbons (Fsp3) is 0.308. The van der Waals surface area contributed by atoms with E-state index in [1.807, 2.05) is 37.4 Å². The van der Waals surface area contributed by atoms with E-state index >= 15 is 0 Å². The monoisotopic (exact) mass is 248 g/mol. The Morgan fingerprint density at radius 2 is 2.12 bits per heavy atom. The third-order valence-corrected chi connectivity index (χ3v) is 3.39. The third kappa shape index (κ3) is 3.05. The number of thiophene rings is 1. The van der Waals surface area contributed by atoms with E-state index < -0.39 is 0 Å². The molecule has 0 fully saturated rings. The molecule has 17 heavy (non-hydrogen) atoms. The highest BCUT2D eigenvalue weighted by Crippen LogP contribution is 2.29. The van der Waals surface area contributed by atoms with E-state index in [2.05, 4.69) is 16.7 Å². The first-order valence-corrected chi connectivity index (χ1v) is 6.54. The number of nitrogens with one attached hydrogen (secondary N) is 2. The summed E-state index contributed by atoms with van der Waals surface area (Å²) in [6.45, 7) is 4.39. The molecule has 0 bridgehead atoms. The van der Waals surface area contributed by atoms with Crippen LogP contribution in [0, 0.1) is 0 Å². The number of fused-ring (bicyclic) bond motifs is 1. The Balaban J connectivity index is 2.06. The van der Waals surface area contributed by atoms with Crippen LogP contribution in [0.2, 0.25) is 0 Å². The van der Waals surface area contributed by atoms with Crippen LogP contribution < -0.4 is 10.6 Å². The van der Waals surface area contributed by atoms with E-state index in [1.54, 1.807) is 11.3 Å². The first kappa shape index (κ1) is 12.1. The maximum Gasteiger partial charge on any atom is 0.238 e. The fourth-order valence-electron chi connectivity index (χ4n) is 1.57. The van der Waals surface area contributed by atoms with Crippen molar-refractivity contribution in [2.45, 2.75) is 19.9 Å². The van der Waals surface area contributed by atoms with E-state index in [0.717, 1.165) is 11.1 Å². The zero-order valence-electron chi connectivity index (χ0n) is 9.99. The minimum absolute atomic E-state index is 0.00209. The predicted octanol–water partition coefficient (Wildman–Crippen LogP) is 2.84. The van der Waals surface area contributed by atoms with Crippen LogP contribution >= 0.6 is 11.3 Å². The minimum atomic E-state index is 0.00209. The molecule has 1 aromatic heterocycles. The van der Waals surface area contributed by atoms with E-state index in [-0.39, 0.29) is 5.91 Å². The van der Waals surface area contributed by atoms with Gasteiger partial charge < -0.3 is 10.6 Å². The summed E-state index contributed by atoms with van der Waals surface area (Å²) in [6.07, 6.45) is 0. The SMILES string of the molecule is CC(C)NCC(=O)Nc1csc2ccccc12. The topological polar surface area (TPSA) is 41.1 Å². The summed E-state index contributed by atoms with van der Waals surface area (Å²) < 4.78 is 1.19. The lowest BCUT2D eigenvalue weighted by molar-refractivity contribution is -0.115. The van der Waals surface area contributed by atoms with Crippen LogP contribution in [-0.4, -0.2) is 18.5 Å². The van der Waals surface area contributed by atoms with Crippen molar-refractivity contribution >= 4 is 33.0 Å². The Morgan fingerprint density at radius 3 is 2.88 bits per heavy atom. The van der Waals surface area contributed by atoms with Crippen LogP contribution in [-0.2, 0) is 4.79 Å². The van der Waals surface area contributed by atoms with E-state index in [4.69, 9.17) is 0 Å². The molecular formula is C13H16N2OS. The maximum absolute atomic E-state index is 11.7. The Hall–Kier alpha value is -1.39. The lowest BCUT2D eigenvalue weighted by atomic mass is 10.2. The molecule has 2 N–H and O–H groups in total. The number of hydrogen-bond donors (Lipinski definition) is 2. The molecular weight excluding hydrogens is 232 g/mol. The van der Waals surface area contributed by atoms with Gasteiger partial charge in [0.1, 0.15) is 0 Å². The zero-order chi connectivity index (χ0) is 12.3. The van der Waals surface area contributed by atoms with Crippen LogP contribution in [0.3, 0.4) is 0 Å². The van der Waals surface area contributed by atoms with Gasteiger partial charge in [0.15, 0.2) is 0 Å². The number of carbonyl (C=O) groups is 1. The maximum atomic E-state index is 11.7. The molecule has 1 heterocycles. The second-order valence-corrected chi connectivity index (χ2v) is 5.14. The lowest BCUT2D eigenvalue weighted by Crippen LogP contribution is -2.32. The second-order valence-electron chi connectivity index (χ2n) is 4.23. The fourth-order valence-corrected chi connectivity index (χ4v) is 2.46. The van der Waals surface area contributed by atoms with Crippen molar-refractivity contribution < 1.29 is 4.79 Å². The lowest BCUT2D eigenvalue weighted by Gasteiger charge is -2.08. The minimum Gasteiger partial charge on any atom is -0.324 e. The van der Waals surface area contributed by atoms with Gasteiger partial charge in [0.05, 0.1) is 12.2 Å². The molecule has 4 heteroatoms. The van der Waals surface area contributed by atoms with Crippen LogP contribution in [0.1, 0.15) is 13.8 Å². The summed E-state index contributed by atoms with van der Waals surface area (Å²) in [4.78, 5) is 11.7. The van der Waals surface area contributed by atoms with Crippen molar-refractivity contribution in [2.24, 2.45) is 0 Å². The summed E-state index contributed by atoms with van der Waals surface area (Å²) in [5, 5.41) is 9.12. The molecule has 0 radical (unpaired) electrons. The average molecular weight is 248 g/mol. The van der Waals surface area contributed by atoms with Crippen molar-refractivity contribution in [3.05, 3.63) is 29.6 Å². The van der Waals surface area contributed by atoms with Gasteiger partial charge in [-0.1, -0.05) is 32.0 Å². The van der Waals surface area contributed by atoms with Gasteiger partial charge in [0.25, 0.3) is 0 Å². The number of hydrogen-bond acceptors (Lipinski definition) is 3. The van der Waals surface area contributed by atoms with Gasteiger partial charge in [-0.05, 0) is 6.07 Å². The summed E-state index contributed by atoms with van der Waals surface area (Å²) >= 11 is 1.65. The first-order chi connectivity index (χ1) is 8.16. The summed E-state index contributed by atoms with van der Waals surface area (Å²) in [6, 6.07) is 8.39. The van der Waals surface area contributed by atoms with Gasteiger partial charge >= 0.3 is 0 Å². The standard InChI is InChI=1S/C13H16N2OS/c1-9(2)14-7-13(16)15-11-8-17-12-6-4-3-5-10(11)12/h3-6,8-9,14H,7H2,1-2H3,(H,15,16). The Kier molecular flexibility index (Phi) is 3.76. The molecule has 0 aliphatic rings. The summed E-state index contributed by atoms with van der Waals surface area (Å²) in [5.41, 5.74) is 0.904. The van der Waals surface area contributed by atoms with E-state index in [9.17, 15) is 4.79 Å². The van der Waals surface area contributed by atoms with E-state index in [1.165, 1.54) is 4.70 Å². The molecule has 0 unspecified atom stereocenters. The van der Waals surface area contributed by atoms with Crippen molar-refractivity contribution in [3.63, 3.8) is 0 Å². The molecule has 1 amide bonds. The molecule has 0 saturated carbocycles. The Bertz CT molecular complexity index is 519. The molecule has 0 atom stereocenters. The Labute approximate surface area is 105 Å². The van der Waals surface area contributed by atoms with Crippen LogP contribution in [0.25, 0.3) is 10.1 Å². The highest BCUT2D eigenvalue weighted by molar-refractivity contribution is 7.17. The zero-order valence-corrected chi connectivity index (χ0v) is 10.8. The van der Waals surface area contributed by atoms with Crippen molar-refractivity contribution in [2.75, 3.05) is 11.9 Å². The van der Waals surface area contributed by atoms with Gasteiger partial charge in [-0.3, -0.25) is 4.79 Å². The number of rotatable bonds is 4. The molecule has 3 nitrogen and oxygen atoms in total. The van der Waals surface area contributed by atoms with Gasteiger partial charge in [0.2, 0.25) is 5.91 Å². The van der Waals surface area contributed by atoms with Crippen LogP contribution in [0.15, 0.2) is 29.6 Å². The molecule has 90 valence electrons. The normalized spacial score (nSPS) is 11.0. The molecule has 1 aromatic carbocycles. The molecule has 2 aromatic rings. The predicted molar refractivity (Wildman–Crippen MR) is 73.6 cm³/mol. The molecule has 2 rings (SSSR count). The smallest absolute Gasteiger partial charge is 0.238 e. The van der Waals surface area contributed by atoms with E-state index in [0.29, 0.717) is 12.6 Å². The number of amides is 1. The Morgan fingerprint density at radius 1 is 1.35 bits per heavy atom. The highest BCUT2D eigenvalue weighted by atomic mass is 32.1. The average Bonchev–Trinajstić information content (AvgIpc) is 2.70. The van der Waals surface area contributed by atoms with Crippen LogP contribution in [0.4, 0.5) is 5.69 Å². The quantitative estimate of drug-likeness (QED) is 0.873. The number of carbonyl (C=O) groups excluding carboxylic acids is 1.